The Bertz CT molecular complexity index is 873. The van der Waals surface area contributed by atoms with Crippen molar-refractivity contribution in [1.82, 2.24) is 14.9 Å². The Morgan fingerprint density at radius 2 is 1.65 bits per heavy atom. The van der Waals surface area contributed by atoms with Gasteiger partial charge in [0, 0.05) is 6.26 Å². The molecular formula is C13H17N3O5S2. The van der Waals surface area contributed by atoms with Crippen molar-refractivity contribution in [2.45, 2.75) is 30.0 Å². The second-order valence-corrected chi connectivity index (χ2v) is 8.94. The standard InChI is InChI=1S/C13H17N3O5S2/c1-9(2)11(12-14-15-13(21-12)22(3,17)18)16-23(19,20)10-7-5-4-6-8-10/h4-9,11,16H,1-3H3/t11-/m0/s1. The third kappa shape index (κ3) is 4.15. The first-order chi connectivity index (χ1) is 10.6. The Kier molecular flexibility index (Phi) is 4.87. The molecule has 1 aromatic carbocycles. The summed E-state index contributed by atoms with van der Waals surface area (Å²) in [4.78, 5) is 0.0912. The first kappa shape index (κ1) is 17.6. The van der Waals surface area contributed by atoms with Crippen LogP contribution < -0.4 is 4.72 Å². The molecule has 2 aromatic rings. The van der Waals surface area contributed by atoms with Gasteiger partial charge in [-0.2, -0.15) is 4.72 Å². The van der Waals surface area contributed by atoms with Gasteiger partial charge in [0.25, 0.3) is 0 Å². The van der Waals surface area contributed by atoms with Gasteiger partial charge in [0.15, 0.2) is 0 Å². The predicted octanol–water partition coefficient (Wildman–Crippen LogP) is 1.15. The normalized spacial score (nSPS) is 14.1. The molecule has 1 atom stereocenters. The molecule has 0 spiro atoms. The zero-order valence-corrected chi connectivity index (χ0v) is 14.4. The van der Waals surface area contributed by atoms with Crippen LogP contribution >= 0.6 is 0 Å². The van der Waals surface area contributed by atoms with E-state index in [1.54, 1.807) is 32.0 Å². The molecule has 0 unspecified atom stereocenters. The number of rotatable bonds is 6. The monoisotopic (exact) mass is 359 g/mol. The molecule has 0 aliphatic rings. The van der Waals surface area contributed by atoms with Crippen molar-refractivity contribution in [3.05, 3.63) is 36.2 Å². The van der Waals surface area contributed by atoms with Crippen LogP contribution in [0.15, 0.2) is 44.9 Å². The molecule has 0 aliphatic heterocycles. The Morgan fingerprint density at radius 3 is 2.13 bits per heavy atom. The maximum Gasteiger partial charge on any atom is 0.335 e. The molecule has 0 radical (unpaired) electrons. The maximum atomic E-state index is 12.4. The summed E-state index contributed by atoms with van der Waals surface area (Å²) in [6.07, 6.45) is 0.933. The minimum atomic E-state index is -3.81. The molecule has 0 amide bonds. The smallest absolute Gasteiger partial charge is 0.335 e. The van der Waals surface area contributed by atoms with E-state index in [-0.39, 0.29) is 16.7 Å². The summed E-state index contributed by atoms with van der Waals surface area (Å²) in [5.74, 6) is -0.332. The van der Waals surface area contributed by atoms with E-state index < -0.39 is 31.1 Å². The van der Waals surface area contributed by atoms with Crippen molar-refractivity contribution in [2.75, 3.05) is 6.26 Å². The third-order valence-electron chi connectivity index (χ3n) is 3.01. The van der Waals surface area contributed by atoms with E-state index in [1.165, 1.54) is 12.1 Å². The van der Waals surface area contributed by atoms with E-state index >= 15 is 0 Å². The summed E-state index contributed by atoms with van der Waals surface area (Å²) in [5, 5.41) is 6.57. The first-order valence-electron chi connectivity index (χ1n) is 6.72. The van der Waals surface area contributed by atoms with Crippen molar-refractivity contribution in [3.63, 3.8) is 0 Å². The van der Waals surface area contributed by atoms with E-state index in [4.69, 9.17) is 4.42 Å². The van der Waals surface area contributed by atoms with Crippen LogP contribution in [0, 0.1) is 5.92 Å². The van der Waals surface area contributed by atoms with Crippen LogP contribution in [0.25, 0.3) is 0 Å². The second-order valence-electron chi connectivity index (χ2n) is 5.33. The molecule has 2 rings (SSSR count). The lowest BCUT2D eigenvalue weighted by Gasteiger charge is -2.18. The van der Waals surface area contributed by atoms with Crippen molar-refractivity contribution < 1.29 is 21.3 Å². The van der Waals surface area contributed by atoms with Gasteiger partial charge in [-0.3, -0.25) is 0 Å². The zero-order valence-electron chi connectivity index (χ0n) is 12.8. The van der Waals surface area contributed by atoms with Crippen molar-refractivity contribution in [3.8, 4) is 0 Å². The Balaban J connectivity index is 2.35. The topological polar surface area (TPSA) is 119 Å². The molecule has 0 saturated carbocycles. The zero-order chi connectivity index (χ0) is 17.3. The average molecular weight is 359 g/mol. The van der Waals surface area contributed by atoms with Gasteiger partial charge >= 0.3 is 5.22 Å². The lowest BCUT2D eigenvalue weighted by molar-refractivity contribution is 0.327. The van der Waals surface area contributed by atoms with E-state index in [9.17, 15) is 16.8 Å². The number of benzene rings is 1. The van der Waals surface area contributed by atoms with Gasteiger partial charge in [-0.25, -0.2) is 16.8 Å². The van der Waals surface area contributed by atoms with Gasteiger partial charge < -0.3 is 4.42 Å². The number of nitrogens with zero attached hydrogens (tertiary/aromatic N) is 2. The van der Waals surface area contributed by atoms with Crippen LogP contribution in [0.4, 0.5) is 0 Å². The van der Waals surface area contributed by atoms with Gasteiger partial charge in [0.2, 0.25) is 25.8 Å². The Hall–Kier alpha value is -1.78. The van der Waals surface area contributed by atoms with Crippen LogP contribution in [-0.2, 0) is 19.9 Å². The summed E-state index contributed by atoms with van der Waals surface area (Å²) in [7, 11) is -7.46. The third-order valence-corrected chi connectivity index (χ3v) is 5.26. The van der Waals surface area contributed by atoms with Crippen LogP contribution in [0.1, 0.15) is 25.8 Å². The summed E-state index contributed by atoms with van der Waals surface area (Å²) >= 11 is 0. The number of sulfone groups is 1. The SMILES string of the molecule is CC(C)[C@H](NS(=O)(=O)c1ccccc1)c1nnc(S(C)(=O)=O)o1. The minimum Gasteiger partial charge on any atom is -0.411 e. The molecule has 126 valence electrons. The highest BCUT2D eigenvalue weighted by Crippen LogP contribution is 2.24. The Labute approximate surface area is 134 Å². The fourth-order valence-electron chi connectivity index (χ4n) is 1.80. The lowest BCUT2D eigenvalue weighted by atomic mass is 10.1. The number of hydrogen-bond donors (Lipinski definition) is 1. The fourth-order valence-corrected chi connectivity index (χ4v) is 3.59. The van der Waals surface area contributed by atoms with Crippen molar-refractivity contribution >= 4 is 19.9 Å². The van der Waals surface area contributed by atoms with Crippen molar-refractivity contribution in [1.29, 1.82) is 0 Å². The molecule has 8 nitrogen and oxygen atoms in total. The molecule has 1 aromatic heterocycles. The van der Waals surface area contributed by atoms with Crippen LogP contribution in [0.3, 0.4) is 0 Å². The van der Waals surface area contributed by atoms with E-state index in [0.29, 0.717) is 0 Å². The molecule has 0 saturated heterocycles. The summed E-state index contributed by atoms with van der Waals surface area (Å²) in [6.45, 7) is 3.50. The highest BCUT2D eigenvalue weighted by Gasteiger charge is 2.29. The van der Waals surface area contributed by atoms with Crippen LogP contribution in [0.2, 0.25) is 0 Å². The molecule has 1 N–H and O–H groups in total. The molecule has 23 heavy (non-hydrogen) atoms. The maximum absolute atomic E-state index is 12.4. The highest BCUT2D eigenvalue weighted by atomic mass is 32.2. The quantitative estimate of drug-likeness (QED) is 0.821. The average Bonchev–Trinajstić information content (AvgIpc) is 2.95. The highest BCUT2D eigenvalue weighted by molar-refractivity contribution is 7.90. The summed E-state index contributed by atoms with van der Waals surface area (Å²) in [5.41, 5.74) is 0. The van der Waals surface area contributed by atoms with Gasteiger partial charge in [-0.05, 0) is 18.1 Å². The lowest BCUT2D eigenvalue weighted by Crippen LogP contribution is -2.32. The van der Waals surface area contributed by atoms with Gasteiger partial charge in [0.05, 0.1) is 4.90 Å². The largest absolute Gasteiger partial charge is 0.411 e. The first-order valence-corrected chi connectivity index (χ1v) is 10.1. The summed E-state index contributed by atoms with van der Waals surface area (Å²) < 4.78 is 55.2. The van der Waals surface area contributed by atoms with Gasteiger partial charge in [-0.15, -0.1) is 5.10 Å². The molecule has 0 bridgehead atoms. The number of sulfonamides is 1. The molecule has 10 heteroatoms. The van der Waals surface area contributed by atoms with E-state index in [1.807, 2.05) is 0 Å². The second kappa shape index (κ2) is 6.38. The molecule has 0 aliphatic carbocycles. The fraction of sp³-hybridized carbons (Fsp3) is 0.385. The molecular weight excluding hydrogens is 342 g/mol. The minimum absolute atomic E-state index is 0.0912. The predicted molar refractivity (Wildman–Crippen MR) is 81.8 cm³/mol. The Morgan fingerprint density at radius 1 is 1.04 bits per heavy atom. The number of aromatic nitrogens is 2. The molecule has 1 heterocycles. The van der Waals surface area contributed by atoms with Crippen LogP contribution in [0.5, 0.6) is 0 Å². The van der Waals surface area contributed by atoms with Crippen molar-refractivity contribution in [2.24, 2.45) is 5.92 Å². The van der Waals surface area contributed by atoms with Gasteiger partial charge in [-0.1, -0.05) is 37.1 Å². The van der Waals surface area contributed by atoms with E-state index in [0.717, 1.165) is 6.26 Å². The molecule has 0 fully saturated rings. The van der Waals surface area contributed by atoms with E-state index in [2.05, 4.69) is 14.9 Å². The summed E-state index contributed by atoms with van der Waals surface area (Å²) in [6, 6.07) is 6.98. The van der Waals surface area contributed by atoms with Gasteiger partial charge in [0.1, 0.15) is 6.04 Å². The number of nitrogens with one attached hydrogen (secondary N) is 1. The number of hydrogen-bond acceptors (Lipinski definition) is 7. The van der Waals surface area contributed by atoms with Crippen LogP contribution in [-0.4, -0.2) is 33.3 Å².